The molecule has 6 heteroatoms. The van der Waals surface area contributed by atoms with Crippen LogP contribution in [0, 0.1) is 0 Å². The number of halogens is 4. The Hall–Kier alpha value is -0.360. The van der Waals surface area contributed by atoms with E-state index in [2.05, 4.69) is 4.74 Å². The van der Waals surface area contributed by atoms with Crippen molar-refractivity contribution in [3.8, 4) is 0 Å². The number of hydrogen-bond donors (Lipinski definition) is 1. The Balaban J connectivity index is 3.61. The van der Waals surface area contributed by atoms with Gasteiger partial charge in [0.05, 0.1) is 12.7 Å². The van der Waals surface area contributed by atoms with Gasteiger partial charge in [-0.05, 0) is 6.92 Å². The zero-order chi connectivity index (χ0) is 9.78. The highest BCUT2D eigenvalue weighted by atomic mass is 19.3. The van der Waals surface area contributed by atoms with Crippen molar-refractivity contribution in [3.63, 3.8) is 0 Å². The highest BCUT2D eigenvalue weighted by Crippen LogP contribution is 2.22. The van der Waals surface area contributed by atoms with E-state index in [9.17, 15) is 17.6 Å². The summed E-state index contributed by atoms with van der Waals surface area (Å²) < 4.78 is 51.1. The SMILES string of the molecule is C[C@H](O)COCC(F)(F)C(F)F. The van der Waals surface area contributed by atoms with E-state index >= 15 is 0 Å². The van der Waals surface area contributed by atoms with Gasteiger partial charge in [0.2, 0.25) is 0 Å². The molecule has 0 radical (unpaired) electrons. The average molecular weight is 190 g/mol. The van der Waals surface area contributed by atoms with Gasteiger partial charge in [0.15, 0.2) is 0 Å². The maximum absolute atomic E-state index is 12.0. The lowest BCUT2D eigenvalue weighted by Gasteiger charge is -2.15. The molecule has 0 bridgehead atoms. The number of rotatable bonds is 5. The second kappa shape index (κ2) is 4.61. The average Bonchev–Trinajstić information content (AvgIpc) is 1.85. The van der Waals surface area contributed by atoms with Crippen LogP contribution in [-0.2, 0) is 4.74 Å². The minimum absolute atomic E-state index is 0.373. The van der Waals surface area contributed by atoms with Crippen LogP contribution in [0.2, 0.25) is 0 Å². The number of aliphatic hydroxyl groups is 1. The molecule has 0 aromatic heterocycles. The van der Waals surface area contributed by atoms with Crippen molar-refractivity contribution in [1.82, 2.24) is 0 Å². The minimum atomic E-state index is -4.13. The lowest BCUT2D eigenvalue weighted by molar-refractivity contribution is -0.170. The molecule has 0 aliphatic heterocycles. The fourth-order valence-corrected chi connectivity index (χ4v) is 0.429. The number of hydrogen-bond acceptors (Lipinski definition) is 2. The van der Waals surface area contributed by atoms with Crippen molar-refractivity contribution in [2.24, 2.45) is 0 Å². The van der Waals surface area contributed by atoms with Gasteiger partial charge in [-0.1, -0.05) is 0 Å². The standard InChI is InChI=1S/C6H10F4O2/c1-4(11)2-12-3-6(9,10)5(7)8/h4-5,11H,2-3H2,1H3/t4-/m0/s1. The zero-order valence-electron chi connectivity index (χ0n) is 6.44. The highest BCUT2D eigenvalue weighted by Gasteiger charge is 2.40. The van der Waals surface area contributed by atoms with Crippen LogP contribution in [0.25, 0.3) is 0 Å². The Morgan fingerprint density at radius 1 is 1.42 bits per heavy atom. The van der Waals surface area contributed by atoms with Crippen molar-refractivity contribution in [1.29, 1.82) is 0 Å². The van der Waals surface area contributed by atoms with Crippen LogP contribution >= 0.6 is 0 Å². The van der Waals surface area contributed by atoms with E-state index < -0.39 is 25.1 Å². The topological polar surface area (TPSA) is 29.5 Å². The monoisotopic (exact) mass is 190 g/mol. The van der Waals surface area contributed by atoms with Crippen molar-refractivity contribution in [3.05, 3.63) is 0 Å². The molecular formula is C6H10F4O2. The van der Waals surface area contributed by atoms with Crippen LogP contribution in [-0.4, -0.2) is 36.8 Å². The second-order valence-electron chi connectivity index (χ2n) is 2.43. The third-order valence-corrected chi connectivity index (χ3v) is 0.973. The van der Waals surface area contributed by atoms with Crippen molar-refractivity contribution >= 4 is 0 Å². The van der Waals surface area contributed by atoms with Crippen LogP contribution in [0.4, 0.5) is 17.6 Å². The molecule has 2 nitrogen and oxygen atoms in total. The molecule has 0 amide bonds. The second-order valence-corrected chi connectivity index (χ2v) is 2.43. The van der Waals surface area contributed by atoms with E-state index in [0.717, 1.165) is 0 Å². The predicted molar refractivity (Wildman–Crippen MR) is 33.5 cm³/mol. The van der Waals surface area contributed by atoms with Crippen molar-refractivity contribution in [2.75, 3.05) is 13.2 Å². The van der Waals surface area contributed by atoms with E-state index in [1.165, 1.54) is 6.92 Å². The first-order valence-corrected chi connectivity index (χ1v) is 3.28. The van der Waals surface area contributed by atoms with Crippen LogP contribution in [0.15, 0.2) is 0 Å². The molecule has 1 atom stereocenters. The van der Waals surface area contributed by atoms with Gasteiger partial charge in [-0.3, -0.25) is 0 Å². The summed E-state index contributed by atoms with van der Waals surface area (Å²) in [5, 5.41) is 8.53. The molecule has 0 aromatic rings. The van der Waals surface area contributed by atoms with Gasteiger partial charge in [0, 0.05) is 0 Å². The summed E-state index contributed by atoms with van der Waals surface area (Å²) >= 11 is 0. The summed E-state index contributed by atoms with van der Waals surface area (Å²) in [6.45, 7) is -0.432. The van der Waals surface area contributed by atoms with Crippen LogP contribution < -0.4 is 0 Å². The first-order chi connectivity index (χ1) is 5.36. The molecule has 0 fully saturated rings. The molecule has 0 saturated carbocycles. The number of alkyl halides is 4. The minimum Gasteiger partial charge on any atom is -0.391 e. The summed E-state index contributed by atoms with van der Waals surface area (Å²) in [5.41, 5.74) is 0. The van der Waals surface area contributed by atoms with E-state index in [1.54, 1.807) is 0 Å². The van der Waals surface area contributed by atoms with E-state index in [0.29, 0.717) is 0 Å². The van der Waals surface area contributed by atoms with E-state index in [-0.39, 0.29) is 6.61 Å². The maximum atomic E-state index is 12.0. The molecule has 0 aliphatic carbocycles. The fourth-order valence-electron chi connectivity index (χ4n) is 0.429. The Labute approximate surface area is 67.1 Å². The van der Waals surface area contributed by atoms with Crippen LogP contribution in [0.3, 0.4) is 0 Å². The Morgan fingerprint density at radius 3 is 2.25 bits per heavy atom. The molecule has 0 rings (SSSR count). The van der Waals surface area contributed by atoms with Gasteiger partial charge >= 0.3 is 12.3 Å². The third kappa shape index (κ3) is 4.50. The lowest BCUT2D eigenvalue weighted by Crippen LogP contribution is -2.33. The smallest absolute Gasteiger partial charge is 0.330 e. The Kier molecular flexibility index (Phi) is 4.47. The Bertz CT molecular complexity index is 127. The van der Waals surface area contributed by atoms with Crippen LogP contribution in [0.5, 0.6) is 0 Å². The lowest BCUT2D eigenvalue weighted by atomic mass is 10.4. The van der Waals surface area contributed by atoms with Crippen molar-refractivity contribution < 1.29 is 27.4 Å². The summed E-state index contributed by atoms with van der Waals surface area (Å²) in [7, 11) is 0. The first-order valence-electron chi connectivity index (χ1n) is 3.28. The van der Waals surface area contributed by atoms with Gasteiger partial charge < -0.3 is 9.84 Å². The largest absolute Gasteiger partial charge is 0.391 e. The third-order valence-electron chi connectivity index (χ3n) is 0.973. The molecule has 0 unspecified atom stereocenters. The molecule has 1 N–H and O–H groups in total. The maximum Gasteiger partial charge on any atom is 0.330 e. The molecule has 74 valence electrons. The fraction of sp³-hybridized carbons (Fsp3) is 1.00. The van der Waals surface area contributed by atoms with Crippen LogP contribution in [0.1, 0.15) is 6.92 Å². The summed E-state index contributed by atoms with van der Waals surface area (Å²) in [6.07, 6.45) is -4.66. The molecule has 0 spiro atoms. The molecule has 12 heavy (non-hydrogen) atoms. The number of ether oxygens (including phenoxy) is 1. The quantitative estimate of drug-likeness (QED) is 0.662. The first kappa shape index (κ1) is 11.6. The van der Waals surface area contributed by atoms with E-state index in [1.807, 2.05) is 0 Å². The van der Waals surface area contributed by atoms with E-state index in [4.69, 9.17) is 5.11 Å². The summed E-state index contributed by atoms with van der Waals surface area (Å²) in [4.78, 5) is 0. The van der Waals surface area contributed by atoms with Crippen molar-refractivity contribution in [2.45, 2.75) is 25.4 Å². The molecule has 0 aromatic carbocycles. The Morgan fingerprint density at radius 2 is 1.92 bits per heavy atom. The molecular weight excluding hydrogens is 180 g/mol. The normalized spacial score (nSPS) is 15.2. The van der Waals surface area contributed by atoms with Gasteiger partial charge in [-0.25, -0.2) is 8.78 Å². The predicted octanol–water partition coefficient (Wildman–Crippen LogP) is 1.28. The van der Waals surface area contributed by atoms with Gasteiger partial charge in [-0.2, -0.15) is 8.78 Å². The van der Waals surface area contributed by atoms with Gasteiger partial charge in [0.1, 0.15) is 6.61 Å². The number of aliphatic hydroxyl groups excluding tert-OH is 1. The summed E-state index contributed by atoms with van der Waals surface area (Å²) in [6, 6.07) is 0. The molecule has 0 aliphatic rings. The molecule has 0 heterocycles. The van der Waals surface area contributed by atoms with Gasteiger partial charge in [0.25, 0.3) is 0 Å². The zero-order valence-corrected chi connectivity index (χ0v) is 6.44. The summed E-state index contributed by atoms with van der Waals surface area (Å²) in [5.74, 6) is -4.13. The van der Waals surface area contributed by atoms with Gasteiger partial charge in [-0.15, -0.1) is 0 Å². The molecule has 0 saturated heterocycles. The highest BCUT2D eigenvalue weighted by molar-refractivity contribution is 4.67.